The monoisotopic (exact) mass is 567 g/mol. The maximum absolute atomic E-state index is 13.4. The number of aryl methyl sites for hydroxylation is 3. The van der Waals surface area contributed by atoms with Crippen molar-refractivity contribution in [2.24, 2.45) is 0 Å². The van der Waals surface area contributed by atoms with E-state index in [1.54, 1.807) is 0 Å². The number of hydrogen-bond donors (Lipinski definition) is 0. The Balaban J connectivity index is 1.07. The predicted molar refractivity (Wildman–Crippen MR) is 166 cm³/mol. The SMILES string of the molecule is Cc1nc(C)c(C(=O)N2CCC(CCN3[C@@H]4CC[C@H]3C[C@@H](n3c(C)nc5ccccc53)C4)(c3ccccc3)CC2)s1. The second-order valence-corrected chi connectivity index (χ2v) is 13.8. The number of thiazole rings is 1. The summed E-state index contributed by atoms with van der Waals surface area (Å²) in [7, 11) is 0. The molecule has 6 nitrogen and oxygen atoms in total. The lowest BCUT2D eigenvalue weighted by atomic mass is 9.70. The molecule has 5 heterocycles. The van der Waals surface area contributed by atoms with Crippen molar-refractivity contribution in [3.8, 4) is 0 Å². The summed E-state index contributed by atoms with van der Waals surface area (Å²) in [6.07, 6.45) is 8.24. The number of imidazole rings is 1. The molecule has 0 radical (unpaired) electrons. The average Bonchev–Trinajstić information content (AvgIpc) is 3.59. The van der Waals surface area contributed by atoms with Crippen LogP contribution in [-0.4, -0.2) is 62.0 Å². The number of piperidine rings is 2. The fraction of sp³-hybridized carbons (Fsp3) is 0.500. The van der Waals surface area contributed by atoms with Gasteiger partial charge in [-0.05, 0) is 95.4 Å². The van der Waals surface area contributed by atoms with Crippen molar-refractivity contribution < 1.29 is 4.79 Å². The first-order valence-corrected chi connectivity index (χ1v) is 16.2. The van der Waals surface area contributed by atoms with Crippen LogP contribution in [0.2, 0.25) is 0 Å². The van der Waals surface area contributed by atoms with Crippen LogP contribution in [-0.2, 0) is 5.41 Å². The second-order valence-electron chi connectivity index (χ2n) is 12.6. The minimum Gasteiger partial charge on any atom is -0.338 e. The van der Waals surface area contributed by atoms with Crippen LogP contribution in [0.5, 0.6) is 0 Å². The van der Waals surface area contributed by atoms with Crippen LogP contribution in [0.25, 0.3) is 11.0 Å². The van der Waals surface area contributed by atoms with Crippen LogP contribution in [0.4, 0.5) is 0 Å². The summed E-state index contributed by atoms with van der Waals surface area (Å²) < 4.78 is 2.53. The lowest BCUT2D eigenvalue weighted by Crippen LogP contribution is -2.49. The third kappa shape index (κ3) is 4.81. The zero-order valence-corrected chi connectivity index (χ0v) is 25.4. The number of carbonyl (C=O) groups is 1. The van der Waals surface area contributed by atoms with E-state index in [0.717, 1.165) is 65.8 Å². The fourth-order valence-electron chi connectivity index (χ4n) is 8.28. The Hall–Kier alpha value is -3.03. The highest BCUT2D eigenvalue weighted by Gasteiger charge is 2.44. The Bertz CT molecular complexity index is 1540. The summed E-state index contributed by atoms with van der Waals surface area (Å²) in [5.74, 6) is 1.31. The Morgan fingerprint density at radius 1 is 0.902 bits per heavy atom. The molecule has 3 aliphatic rings. The van der Waals surface area contributed by atoms with E-state index in [4.69, 9.17) is 4.98 Å². The number of aromatic nitrogens is 3. The Kier molecular flexibility index (Phi) is 6.98. The summed E-state index contributed by atoms with van der Waals surface area (Å²) in [6, 6.07) is 21.6. The van der Waals surface area contributed by atoms with Gasteiger partial charge in [0.1, 0.15) is 10.7 Å². The summed E-state index contributed by atoms with van der Waals surface area (Å²) in [4.78, 5) is 28.5. The van der Waals surface area contributed by atoms with Crippen LogP contribution >= 0.6 is 11.3 Å². The average molecular weight is 568 g/mol. The maximum atomic E-state index is 13.4. The molecule has 3 saturated heterocycles. The predicted octanol–water partition coefficient (Wildman–Crippen LogP) is 6.85. The van der Waals surface area contributed by atoms with Gasteiger partial charge in [0.25, 0.3) is 5.91 Å². The molecule has 2 aromatic heterocycles. The molecule has 0 unspecified atom stereocenters. The fourth-order valence-corrected chi connectivity index (χ4v) is 9.16. The lowest BCUT2D eigenvalue weighted by molar-refractivity contribution is 0.0610. The number of carbonyl (C=O) groups excluding carboxylic acids is 1. The molecule has 2 aromatic carbocycles. The van der Waals surface area contributed by atoms with Gasteiger partial charge in [0.15, 0.2) is 0 Å². The largest absolute Gasteiger partial charge is 0.338 e. The topological polar surface area (TPSA) is 54.3 Å². The molecule has 0 spiro atoms. The molecule has 3 fully saturated rings. The van der Waals surface area contributed by atoms with E-state index in [2.05, 4.69) is 80.9 Å². The van der Waals surface area contributed by atoms with Crippen molar-refractivity contribution in [1.82, 2.24) is 24.3 Å². The van der Waals surface area contributed by atoms with E-state index in [1.165, 1.54) is 48.1 Å². The first kappa shape index (κ1) is 26.8. The summed E-state index contributed by atoms with van der Waals surface area (Å²) in [5, 5.41) is 0.969. The Morgan fingerprint density at radius 3 is 2.27 bits per heavy atom. The van der Waals surface area contributed by atoms with Gasteiger partial charge in [-0.3, -0.25) is 9.69 Å². The quantitative estimate of drug-likeness (QED) is 0.256. The van der Waals surface area contributed by atoms with E-state index in [1.807, 2.05) is 13.8 Å². The Morgan fingerprint density at radius 2 is 1.59 bits per heavy atom. The summed E-state index contributed by atoms with van der Waals surface area (Å²) in [5.41, 5.74) is 4.84. The third-order valence-electron chi connectivity index (χ3n) is 10.3. The van der Waals surface area contributed by atoms with Gasteiger partial charge in [0.2, 0.25) is 0 Å². The van der Waals surface area contributed by atoms with Gasteiger partial charge < -0.3 is 9.47 Å². The zero-order chi connectivity index (χ0) is 28.1. The highest BCUT2D eigenvalue weighted by molar-refractivity contribution is 7.13. The summed E-state index contributed by atoms with van der Waals surface area (Å²) in [6.45, 7) is 8.88. The molecule has 0 saturated carbocycles. The molecule has 0 N–H and O–H groups in total. The molecule has 7 rings (SSSR count). The minimum atomic E-state index is 0.115. The van der Waals surface area contributed by atoms with Crippen LogP contribution in [0.3, 0.4) is 0 Å². The van der Waals surface area contributed by atoms with Gasteiger partial charge in [0.05, 0.1) is 21.7 Å². The number of benzene rings is 2. The molecule has 1 amide bonds. The molecule has 2 bridgehead atoms. The molecule has 7 heteroatoms. The second kappa shape index (κ2) is 10.7. The number of amides is 1. The van der Waals surface area contributed by atoms with Gasteiger partial charge >= 0.3 is 0 Å². The van der Waals surface area contributed by atoms with E-state index in [-0.39, 0.29) is 11.3 Å². The molecular weight excluding hydrogens is 526 g/mol. The molecule has 0 aliphatic carbocycles. The minimum absolute atomic E-state index is 0.115. The summed E-state index contributed by atoms with van der Waals surface area (Å²) >= 11 is 1.53. The Labute approximate surface area is 247 Å². The van der Waals surface area contributed by atoms with E-state index < -0.39 is 0 Å². The van der Waals surface area contributed by atoms with Crippen LogP contribution < -0.4 is 0 Å². The molecule has 41 heavy (non-hydrogen) atoms. The number of nitrogens with zero attached hydrogens (tertiary/aromatic N) is 5. The molecular formula is C34H41N5OS. The van der Waals surface area contributed by atoms with Crippen LogP contribution in [0.15, 0.2) is 54.6 Å². The van der Waals surface area contributed by atoms with E-state index >= 15 is 0 Å². The number of rotatable bonds is 6. The molecule has 4 aromatic rings. The number of hydrogen-bond acceptors (Lipinski definition) is 5. The maximum Gasteiger partial charge on any atom is 0.265 e. The van der Waals surface area contributed by atoms with E-state index in [9.17, 15) is 4.79 Å². The standard InChI is InChI=1S/C34H41N5OS/c1-23-32(41-25(3)35-23)33(40)37-18-15-34(16-19-37,26-9-5-4-6-10-26)17-20-38-27-13-14-28(38)22-29(21-27)39-24(2)36-30-11-7-8-12-31(30)39/h4-12,27-29H,13-22H2,1-3H3/t27-,28+,29+. The van der Waals surface area contributed by atoms with Gasteiger partial charge in [-0.1, -0.05) is 42.5 Å². The number of fused-ring (bicyclic) bond motifs is 3. The van der Waals surface area contributed by atoms with Crippen molar-refractivity contribution in [3.63, 3.8) is 0 Å². The lowest BCUT2D eigenvalue weighted by Gasteiger charge is -2.45. The van der Waals surface area contributed by atoms with Crippen molar-refractivity contribution >= 4 is 28.3 Å². The van der Waals surface area contributed by atoms with Crippen molar-refractivity contribution in [2.45, 2.75) is 89.3 Å². The number of likely N-dealkylation sites (tertiary alicyclic amines) is 1. The number of para-hydroxylation sites is 2. The highest BCUT2D eigenvalue weighted by atomic mass is 32.1. The van der Waals surface area contributed by atoms with Gasteiger partial charge in [-0.25, -0.2) is 9.97 Å². The smallest absolute Gasteiger partial charge is 0.265 e. The molecule has 3 atom stereocenters. The van der Waals surface area contributed by atoms with Crippen LogP contribution in [0.1, 0.15) is 82.7 Å². The molecule has 3 aliphatic heterocycles. The van der Waals surface area contributed by atoms with Gasteiger partial charge in [-0.15, -0.1) is 11.3 Å². The zero-order valence-electron chi connectivity index (χ0n) is 24.6. The normalized spacial score (nSPS) is 24.3. The van der Waals surface area contributed by atoms with Crippen molar-refractivity contribution in [1.29, 1.82) is 0 Å². The first-order chi connectivity index (χ1) is 19.9. The van der Waals surface area contributed by atoms with Crippen molar-refractivity contribution in [3.05, 3.63) is 81.6 Å². The van der Waals surface area contributed by atoms with Gasteiger partial charge in [0, 0.05) is 31.2 Å². The molecule has 214 valence electrons. The van der Waals surface area contributed by atoms with Crippen molar-refractivity contribution in [2.75, 3.05) is 19.6 Å². The van der Waals surface area contributed by atoms with Crippen LogP contribution in [0, 0.1) is 20.8 Å². The van der Waals surface area contributed by atoms with Gasteiger partial charge in [-0.2, -0.15) is 0 Å². The third-order valence-corrected chi connectivity index (χ3v) is 11.4. The van der Waals surface area contributed by atoms with E-state index in [0.29, 0.717) is 18.1 Å². The first-order valence-electron chi connectivity index (χ1n) is 15.4. The highest BCUT2D eigenvalue weighted by Crippen LogP contribution is 2.45.